The topological polar surface area (TPSA) is 94.2 Å². The Kier molecular flexibility index (Phi) is 3.90. The summed E-state index contributed by atoms with van der Waals surface area (Å²) < 4.78 is 29.0. The van der Waals surface area contributed by atoms with Gasteiger partial charge >= 0.3 is 0 Å². The van der Waals surface area contributed by atoms with E-state index in [0.29, 0.717) is 33.3 Å². The molecular weight excluding hydrogens is 374 g/mol. The third-order valence-electron chi connectivity index (χ3n) is 4.28. The molecule has 9 heteroatoms. The fourth-order valence-corrected chi connectivity index (χ4v) is 3.31. The van der Waals surface area contributed by atoms with Gasteiger partial charge in [0.25, 0.3) is 0 Å². The van der Waals surface area contributed by atoms with Crippen LogP contribution in [-0.4, -0.2) is 15.4 Å². The van der Waals surface area contributed by atoms with Gasteiger partial charge in [-0.25, -0.2) is 18.8 Å². The van der Waals surface area contributed by atoms with Gasteiger partial charge in [0.2, 0.25) is 5.79 Å². The molecule has 1 aromatic heterocycles. The zero-order chi connectivity index (χ0) is 19.3. The number of hydrogen-bond acceptors (Lipinski definition) is 5. The molecule has 27 heavy (non-hydrogen) atoms. The summed E-state index contributed by atoms with van der Waals surface area (Å²) in [4.78, 5) is 8.57. The van der Waals surface area contributed by atoms with E-state index >= 15 is 0 Å². The van der Waals surface area contributed by atoms with Crippen LogP contribution < -0.4 is 16.8 Å². The molecule has 0 fully saturated rings. The van der Waals surface area contributed by atoms with E-state index in [9.17, 15) is 8.78 Å². The summed E-state index contributed by atoms with van der Waals surface area (Å²) in [7, 11) is 0. The Balaban J connectivity index is 1.86. The summed E-state index contributed by atoms with van der Waals surface area (Å²) >= 11 is 6.06. The van der Waals surface area contributed by atoms with Gasteiger partial charge < -0.3 is 11.1 Å². The minimum Gasteiger partial charge on any atom is -0.384 e. The molecule has 1 unspecified atom stereocenters. The minimum atomic E-state index is -1.39. The number of imidazole rings is 1. The second kappa shape index (κ2) is 6.04. The second-order valence-electron chi connectivity index (χ2n) is 6.22. The van der Waals surface area contributed by atoms with Crippen molar-refractivity contribution in [2.75, 3.05) is 0 Å². The van der Waals surface area contributed by atoms with Crippen LogP contribution in [0.15, 0.2) is 47.5 Å². The summed E-state index contributed by atoms with van der Waals surface area (Å²) in [5, 5.41) is 3.58. The zero-order valence-electron chi connectivity index (χ0n) is 14.2. The van der Waals surface area contributed by atoms with Gasteiger partial charge in [0.1, 0.15) is 17.5 Å². The van der Waals surface area contributed by atoms with Crippen molar-refractivity contribution in [1.29, 1.82) is 0 Å². The standard InChI is InChI=1S/C18H15ClF2N6/c1-9-24-14-6-12(20)13(21)7-15(14)27(9)17-8-16(22)25-18(23,26-17)10-3-2-4-11(19)5-10/h2-8,26H,23H2,1H3,(H2,22,25). The molecular formula is C18H15ClF2N6. The van der Waals surface area contributed by atoms with Crippen LogP contribution in [0.5, 0.6) is 0 Å². The van der Waals surface area contributed by atoms with Crippen LogP contribution in [0.1, 0.15) is 11.4 Å². The third kappa shape index (κ3) is 2.92. The Morgan fingerprint density at radius 3 is 2.67 bits per heavy atom. The number of nitrogens with zero attached hydrogens (tertiary/aromatic N) is 3. The van der Waals surface area contributed by atoms with E-state index in [1.54, 1.807) is 41.8 Å². The molecule has 2 aromatic carbocycles. The van der Waals surface area contributed by atoms with E-state index in [4.69, 9.17) is 23.1 Å². The van der Waals surface area contributed by atoms with E-state index in [-0.39, 0.29) is 5.84 Å². The van der Waals surface area contributed by atoms with E-state index in [1.165, 1.54) is 0 Å². The van der Waals surface area contributed by atoms with E-state index in [2.05, 4.69) is 15.3 Å². The summed E-state index contributed by atoms with van der Waals surface area (Å²) in [6.07, 6.45) is 1.55. The number of nitrogens with one attached hydrogen (secondary N) is 1. The lowest BCUT2D eigenvalue weighted by Gasteiger charge is -2.33. The van der Waals surface area contributed by atoms with Crippen LogP contribution in [-0.2, 0) is 5.79 Å². The van der Waals surface area contributed by atoms with Gasteiger partial charge in [-0.3, -0.25) is 10.3 Å². The molecule has 138 valence electrons. The molecule has 0 bridgehead atoms. The fraction of sp³-hybridized carbons (Fsp3) is 0.111. The predicted octanol–water partition coefficient (Wildman–Crippen LogP) is 2.80. The molecule has 1 aliphatic heterocycles. The highest BCUT2D eigenvalue weighted by atomic mass is 35.5. The largest absolute Gasteiger partial charge is 0.384 e. The molecule has 6 nitrogen and oxygen atoms in total. The van der Waals surface area contributed by atoms with Gasteiger partial charge in [-0.2, -0.15) is 0 Å². The van der Waals surface area contributed by atoms with Crippen molar-refractivity contribution in [3.8, 4) is 0 Å². The van der Waals surface area contributed by atoms with Gasteiger partial charge in [-0.15, -0.1) is 0 Å². The molecule has 0 radical (unpaired) electrons. The van der Waals surface area contributed by atoms with Crippen molar-refractivity contribution in [3.05, 3.63) is 70.5 Å². The number of aromatic nitrogens is 2. The van der Waals surface area contributed by atoms with Crippen LogP contribution >= 0.6 is 11.6 Å². The van der Waals surface area contributed by atoms with Gasteiger partial charge in [0.15, 0.2) is 11.6 Å². The predicted molar refractivity (Wildman–Crippen MR) is 101 cm³/mol. The lowest BCUT2D eigenvalue weighted by molar-refractivity contribution is 0.411. The number of amidine groups is 1. The Bertz CT molecular complexity index is 1140. The number of aryl methyl sites for hydroxylation is 1. The van der Waals surface area contributed by atoms with Crippen LogP contribution in [0.2, 0.25) is 5.02 Å². The van der Waals surface area contributed by atoms with Crippen molar-refractivity contribution in [2.45, 2.75) is 12.7 Å². The molecule has 0 amide bonds. The molecule has 3 aromatic rings. The number of hydrogen-bond donors (Lipinski definition) is 3. The Morgan fingerprint density at radius 2 is 1.93 bits per heavy atom. The number of halogens is 3. The molecule has 2 heterocycles. The maximum atomic E-state index is 13.8. The van der Waals surface area contributed by atoms with E-state index in [0.717, 1.165) is 12.1 Å². The van der Waals surface area contributed by atoms with E-state index in [1.807, 2.05) is 0 Å². The molecule has 0 spiro atoms. The first-order valence-electron chi connectivity index (χ1n) is 8.01. The van der Waals surface area contributed by atoms with Crippen LogP contribution in [0.25, 0.3) is 16.9 Å². The summed E-state index contributed by atoms with van der Waals surface area (Å²) in [6, 6.07) is 9.00. The molecule has 1 aliphatic rings. The summed E-state index contributed by atoms with van der Waals surface area (Å²) in [5.41, 5.74) is 13.7. The van der Waals surface area contributed by atoms with Crippen molar-refractivity contribution in [3.63, 3.8) is 0 Å². The van der Waals surface area contributed by atoms with Crippen molar-refractivity contribution < 1.29 is 8.78 Å². The lowest BCUT2D eigenvalue weighted by Crippen LogP contribution is -2.52. The molecule has 1 atom stereocenters. The lowest BCUT2D eigenvalue weighted by atomic mass is 10.1. The van der Waals surface area contributed by atoms with Gasteiger partial charge in [0.05, 0.1) is 11.0 Å². The van der Waals surface area contributed by atoms with Crippen LogP contribution in [0, 0.1) is 18.6 Å². The summed E-state index contributed by atoms with van der Waals surface area (Å²) in [5.74, 6) is -2.25. The highest BCUT2D eigenvalue weighted by Gasteiger charge is 2.32. The Morgan fingerprint density at radius 1 is 1.19 bits per heavy atom. The molecule has 5 N–H and O–H groups in total. The second-order valence-corrected chi connectivity index (χ2v) is 6.65. The molecule has 0 saturated carbocycles. The monoisotopic (exact) mass is 388 g/mol. The molecule has 4 rings (SSSR count). The van der Waals surface area contributed by atoms with Crippen LogP contribution in [0.3, 0.4) is 0 Å². The number of fused-ring (bicyclic) bond motifs is 1. The van der Waals surface area contributed by atoms with Crippen molar-refractivity contribution >= 4 is 34.3 Å². The third-order valence-corrected chi connectivity index (χ3v) is 4.51. The Labute approximate surface area is 158 Å². The van der Waals surface area contributed by atoms with E-state index < -0.39 is 17.4 Å². The van der Waals surface area contributed by atoms with Crippen LogP contribution in [0.4, 0.5) is 8.78 Å². The number of benzene rings is 2. The minimum absolute atomic E-state index is 0.162. The van der Waals surface area contributed by atoms with Gasteiger partial charge in [-0.05, 0) is 19.1 Å². The number of rotatable bonds is 2. The number of aliphatic imine (C=N–C) groups is 1. The van der Waals surface area contributed by atoms with Gasteiger partial charge in [-0.1, -0.05) is 23.7 Å². The maximum absolute atomic E-state index is 13.8. The smallest absolute Gasteiger partial charge is 0.212 e. The average Bonchev–Trinajstić information content (AvgIpc) is 2.89. The average molecular weight is 389 g/mol. The first-order chi connectivity index (χ1) is 12.8. The quantitative estimate of drug-likeness (QED) is 0.629. The highest BCUT2D eigenvalue weighted by Crippen LogP contribution is 2.28. The van der Waals surface area contributed by atoms with Crippen molar-refractivity contribution in [1.82, 2.24) is 14.9 Å². The fourth-order valence-electron chi connectivity index (χ4n) is 3.12. The highest BCUT2D eigenvalue weighted by molar-refractivity contribution is 6.30. The molecule has 0 aliphatic carbocycles. The summed E-state index contributed by atoms with van der Waals surface area (Å²) in [6.45, 7) is 1.71. The first-order valence-corrected chi connectivity index (χ1v) is 8.39. The Hall–Kier alpha value is -2.97. The molecule has 0 saturated heterocycles. The van der Waals surface area contributed by atoms with Gasteiger partial charge in [0, 0.05) is 28.8 Å². The maximum Gasteiger partial charge on any atom is 0.212 e. The normalized spacial score (nSPS) is 19.6. The first kappa shape index (κ1) is 17.4. The number of nitrogens with two attached hydrogens (primary N) is 2. The zero-order valence-corrected chi connectivity index (χ0v) is 14.9. The van der Waals surface area contributed by atoms with Crippen molar-refractivity contribution in [2.24, 2.45) is 16.5 Å². The SMILES string of the molecule is Cc1nc2cc(F)c(F)cc2n1C1=CC(N)=NC(N)(c2cccc(Cl)c2)N1.